The van der Waals surface area contributed by atoms with E-state index in [2.05, 4.69) is 20.6 Å². The first-order valence-corrected chi connectivity index (χ1v) is 9.90. The Balaban J connectivity index is 1.74. The number of nitrogens with zero attached hydrogens (tertiary/aromatic N) is 2. The van der Waals surface area contributed by atoms with Gasteiger partial charge in [0.25, 0.3) is 5.91 Å². The van der Waals surface area contributed by atoms with E-state index in [-0.39, 0.29) is 35.1 Å². The van der Waals surface area contributed by atoms with Crippen molar-refractivity contribution in [2.45, 2.75) is 19.4 Å². The van der Waals surface area contributed by atoms with Crippen LogP contribution in [0.1, 0.15) is 22.6 Å². The second-order valence-electron chi connectivity index (χ2n) is 5.92. The van der Waals surface area contributed by atoms with Crippen LogP contribution in [0.25, 0.3) is 0 Å². The first-order chi connectivity index (χ1) is 11.8. The van der Waals surface area contributed by atoms with Gasteiger partial charge in [-0.15, -0.1) is 0 Å². The molecule has 3 rings (SSSR count). The van der Waals surface area contributed by atoms with E-state index in [1.165, 1.54) is 0 Å². The molecule has 2 aromatic rings. The van der Waals surface area contributed by atoms with Gasteiger partial charge in [-0.25, -0.2) is 18.4 Å². The Bertz CT molecular complexity index is 900. The molecule has 25 heavy (non-hydrogen) atoms. The van der Waals surface area contributed by atoms with Crippen LogP contribution in [0.2, 0.25) is 5.02 Å². The molecule has 0 saturated carbocycles. The molecule has 0 aliphatic carbocycles. The highest BCUT2D eigenvalue weighted by Gasteiger charge is 2.28. The Kier molecular flexibility index (Phi) is 4.91. The maximum atomic E-state index is 12.4. The number of hydrogen-bond acceptors (Lipinski definition) is 6. The zero-order valence-electron chi connectivity index (χ0n) is 13.5. The Morgan fingerprint density at radius 1 is 1.24 bits per heavy atom. The third-order valence-corrected chi connectivity index (χ3v) is 5.77. The first kappa shape index (κ1) is 17.6. The number of aryl methyl sites for hydroxylation is 1. The maximum Gasteiger partial charge on any atom is 0.274 e. The lowest BCUT2D eigenvalue weighted by atomic mass is 10.2. The summed E-state index contributed by atoms with van der Waals surface area (Å²) in [6.45, 7) is 1.75. The van der Waals surface area contributed by atoms with Gasteiger partial charge in [0.2, 0.25) is 5.95 Å². The van der Waals surface area contributed by atoms with Gasteiger partial charge in [0.15, 0.2) is 9.84 Å². The SMILES string of the molecule is Cc1cc(C(=O)Nc2ccc(Cl)cc2)nc(NC2CCS(=O)(=O)C2)n1. The third kappa shape index (κ3) is 4.67. The van der Waals surface area contributed by atoms with Gasteiger partial charge < -0.3 is 10.6 Å². The van der Waals surface area contributed by atoms with Crippen molar-refractivity contribution in [3.8, 4) is 0 Å². The summed E-state index contributed by atoms with van der Waals surface area (Å²) < 4.78 is 23.1. The molecule has 1 fully saturated rings. The predicted octanol–water partition coefficient (Wildman–Crippen LogP) is 2.29. The Labute approximate surface area is 150 Å². The molecule has 2 heterocycles. The van der Waals surface area contributed by atoms with Gasteiger partial charge in [0, 0.05) is 22.4 Å². The fraction of sp³-hybridized carbons (Fsp3) is 0.312. The summed E-state index contributed by atoms with van der Waals surface area (Å²) in [4.78, 5) is 20.8. The molecule has 1 unspecified atom stereocenters. The normalized spacial score (nSPS) is 18.7. The monoisotopic (exact) mass is 380 g/mol. The minimum absolute atomic E-state index is 0.0522. The zero-order chi connectivity index (χ0) is 18.0. The molecule has 0 bridgehead atoms. The highest BCUT2D eigenvalue weighted by molar-refractivity contribution is 7.91. The summed E-state index contributed by atoms with van der Waals surface area (Å²) in [5.74, 6) is 0.0788. The molecule has 132 valence electrons. The van der Waals surface area contributed by atoms with E-state index in [9.17, 15) is 13.2 Å². The van der Waals surface area contributed by atoms with Gasteiger partial charge in [-0.2, -0.15) is 0 Å². The van der Waals surface area contributed by atoms with Gasteiger partial charge in [0.1, 0.15) is 5.69 Å². The second-order valence-corrected chi connectivity index (χ2v) is 8.59. The van der Waals surface area contributed by atoms with Crippen molar-refractivity contribution in [3.05, 3.63) is 46.7 Å². The molecular formula is C16H17ClN4O3S. The molecule has 2 N–H and O–H groups in total. The molecular weight excluding hydrogens is 364 g/mol. The second kappa shape index (κ2) is 6.97. The quantitative estimate of drug-likeness (QED) is 0.843. The fourth-order valence-electron chi connectivity index (χ4n) is 2.57. The van der Waals surface area contributed by atoms with Crippen LogP contribution in [0, 0.1) is 6.92 Å². The lowest BCUT2D eigenvalue weighted by Crippen LogP contribution is -2.23. The average Bonchev–Trinajstić information content (AvgIpc) is 2.87. The molecule has 1 aliphatic rings. The number of halogens is 1. The molecule has 9 heteroatoms. The molecule has 1 aromatic heterocycles. The van der Waals surface area contributed by atoms with E-state index in [0.29, 0.717) is 22.8 Å². The van der Waals surface area contributed by atoms with Gasteiger partial charge >= 0.3 is 0 Å². The van der Waals surface area contributed by atoms with Gasteiger partial charge in [-0.3, -0.25) is 4.79 Å². The van der Waals surface area contributed by atoms with E-state index in [1.54, 1.807) is 37.3 Å². The molecule has 1 aliphatic heterocycles. The lowest BCUT2D eigenvalue weighted by molar-refractivity contribution is 0.102. The highest BCUT2D eigenvalue weighted by Crippen LogP contribution is 2.17. The van der Waals surface area contributed by atoms with Crippen molar-refractivity contribution in [3.63, 3.8) is 0 Å². The summed E-state index contributed by atoms with van der Waals surface area (Å²) in [6.07, 6.45) is 0.506. The van der Waals surface area contributed by atoms with E-state index in [1.807, 2.05) is 0 Å². The maximum absolute atomic E-state index is 12.4. The lowest BCUT2D eigenvalue weighted by Gasteiger charge is -2.12. The first-order valence-electron chi connectivity index (χ1n) is 7.70. The number of rotatable bonds is 4. The minimum Gasteiger partial charge on any atom is -0.350 e. The van der Waals surface area contributed by atoms with E-state index in [4.69, 9.17) is 11.6 Å². The van der Waals surface area contributed by atoms with Crippen LogP contribution in [-0.2, 0) is 9.84 Å². The molecule has 1 amide bonds. The smallest absolute Gasteiger partial charge is 0.274 e. The summed E-state index contributed by atoms with van der Waals surface area (Å²) in [5.41, 5.74) is 1.41. The van der Waals surface area contributed by atoms with Crippen LogP contribution in [0.3, 0.4) is 0 Å². The molecule has 1 atom stereocenters. The van der Waals surface area contributed by atoms with Gasteiger partial charge in [-0.1, -0.05) is 11.6 Å². The standard InChI is InChI=1S/C16H17ClN4O3S/c1-10-8-14(15(22)19-12-4-2-11(17)3-5-12)21-16(18-10)20-13-6-7-25(23,24)9-13/h2-5,8,13H,6-7,9H2,1H3,(H,19,22)(H,18,20,21). The summed E-state index contributed by atoms with van der Waals surface area (Å²) in [6, 6.07) is 8.07. The Morgan fingerprint density at radius 2 is 1.96 bits per heavy atom. The van der Waals surface area contributed by atoms with Crippen LogP contribution in [0.15, 0.2) is 30.3 Å². The van der Waals surface area contributed by atoms with Crippen molar-refractivity contribution in [1.29, 1.82) is 0 Å². The van der Waals surface area contributed by atoms with Crippen molar-refractivity contribution < 1.29 is 13.2 Å². The van der Waals surface area contributed by atoms with Crippen LogP contribution >= 0.6 is 11.6 Å². The zero-order valence-corrected chi connectivity index (χ0v) is 15.1. The highest BCUT2D eigenvalue weighted by atomic mass is 35.5. The number of amides is 1. The molecule has 0 spiro atoms. The number of nitrogens with one attached hydrogen (secondary N) is 2. The van der Waals surface area contributed by atoms with Crippen molar-refractivity contribution >= 4 is 39.0 Å². The van der Waals surface area contributed by atoms with Crippen molar-refractivity contribution in [2.75, 3.05) is 22.1 Å². The largest absolute Gasteiger partial charge is 0.350 e. The Morgan fingerprint density at radius 3 is 2.60 bits per heavy atom. The fourth-order valence-corrected chi connectivity index (χ4v) is 4.37. The third-order valence-electron chi connectivity index (χ3n) is 3.75. The number of carbonyl (C=O) groups is 1. The number of hydrogen-bond donors (Lipinski definition) is 2. The number of carbonyl (C=O) groups excluding carboxylic acids is 1. The molecule has 1 aromatic carbocycles. The summed E-state index contributed by atoms with van der Waals surface area (Å²) >= 11 is 5.82. The number of anilines is 2. The molecule has 0 radical (unpaired) electrons. The molecule has 1 saturated heterocycles. The van der Waals surface area contributed by atoms with Crippen LogP contribution in [0.4, 0.5) is 11.6 Å². The van der Waals surface area contributed by atoms with Gasteiger partial charge in [0.05, 0.1) is 11.5 Å². The molecule has 7 nitrogen and oxygen atoms in total. The van der Waals surface area contributed by atoms with Gasteiger partial charge in [-0.05, 0) is 43.7 Å². The van der Waals surface area contributed by atoms with Crippen molar-refractivity contribution in [1.82, 2.24) is 9.97 Å². The topological polar surface area (TPSA) is 101 Å². The predicted molar refractivity (Wildman–Crippen MR) is 96.9 cm³/mol. The van der Waals surface area contributed by atoms with Crippen LogP contribution < -0.4 is 10.6 Å². The summed E-state index contributed by atoms with van der Waals surface area (Å²) in [7, 11) is -3.00. The number of benzene rings is 1. The van der Waals surface area contributed by atoms with Crippen LogP contribution in [0.5, 0.6) is 0 Å². The van der Waals surface area contributed by atoms with E-state index in [0.717, 1.165) is 0 Å². The van der Waals surface area contributed by atoms with E-state index >= 15 is 0 Å². The number of sulfone groups is 1. The van der Waals surface area contributed by atoms with Crippen LogP contribution in [-0.4, -0.2) is 41.8 Å². The van der Waals surface area contributed by atoms with Crippen molar-refractivity contribution in [2.24, 2.45) is 0 Å². The van der Waals surface area contributed by atoms with E-state index < -0.39 is 9.84 Å². The Hall–Kier alpha value is -2.19. The minimum atomic E-state index is -3.00. The summed E-state index contributed by atoms with van der Waals surface area (Å²) in [5, 5.41) is 6.32. The number of aromatic nitrogens is 2. The average molecular weight is 381 g/mol.